The summed E-state index contributed by atoms with van der Waals surface area (Å²) in [7, 11) is 0. The van der Waals surface area contributed by atoms with E-state index in [2.05, 4.69) is 54.9 Å². The Morgan fingerprint density at radius 1 is 0.667 bits per heavy atom. The third-order valence-electron chi connectivity index (χ3n) is 6.72. The fourth-order valence-corrected chi connectivity index (χ4v) is 5.66. The molecule has 0 spiro atoms. The second kappa shape index (κ2) is 13.3. The SMILES string of the molecule is CCCCCCN(CCCCCC)c1ccc(C#Cc2ccc3sc4ccccc4c(=O)c3c2)cc1. The third-order valence-corrected chi connectivity index (χ3v) is 7.87. The van der Waals surface area contributed by atoms with Crippen molar-refractivity contribution in [1.82, 2.24) is 0 Å². The Bertz CT molecular complexity index is 1380. The number of hydrogen-bond acceptors (Lipinski definition) is 3. The average Bonchev–Trinajstić information content (AvgIpc) is 2.92. The molecule has 0 aliphatic carbocycles. The van der Waals surface area contributed by atoms with Crippen LogP contribution < -0.4 is 10.3 Å². The lowest BCUT2D eigenvalue weighted by atomic mass is 10.1. The van der Waals surface area contributed by atoms with Crippen molar-refractivity contribution in [1.29, 1.82) is 0 Å². The fourth-order valence-electron chi connectivity index (χ4n) is 4.61. The molecular formula is C33H37NOS. The van der Waals surface area contributed by atoms with Gasteiger partial charge in [0, 0.05) is 50.1 Å². The van der Waals surface area contributed by atoms with Gasteiger partial charge >= 0.3 is 0 Å². The van der Waals surface area contributed by atoms with E-state index in [1.165, 1.54) is 57.1 Å². The van der Waals surface area contributed by atoms with Crippen molar-refractivity contribution < 1.29 is 0 Å². The van der Waals surface area contributed by atoms with Crippen LogP contribution in [0.5, 0.6) is 0 Å². The molecule has 0 bridgehead atoms. The molecular weight excluding hydrogens is 458 g/mol. The molecule has 0 radical (unpaired) electrons. The van der Waals surface area contributed by atoms with Crippen LogP contribution in [0.4, 0.5) is 5.69 Å². The molecule has 1 heterocycles. The highest BCUT2D eigenvalue weighted by molar-refractivity contribution is 7.24. The zero-order valence-electron chi connectivity index (χ0n) is 21.7. The topological polar surface area (TPSA) is 20.3 Å². The summed E-state index contributed by atoms with van der Waals surface area (Å²) in [6, 6.07) is 22.5. The lowest BCUT2D eigenvalue weighted by Crippen LogP contribution is -2.25. The van der Waals surface area contributed by atoms with Gasteiger partial charge in [0.05, 0.1) is 0 Å². The van der Waals surface area contributed by atoms with Gasteiger partial charge in [-0.05, 0) is 67.4 Å². The Labute approximate surface area is 220 Å². The minimum Gasteiger partial charge on any atom is -0.372 e. The van der Waals surface area contributed by atoms with Gasteiger partial charge in [-0.15, -0.1) is 11.3 Å². The van der Waals surface area contributed by atoms with Crippen molar-refractivity contribution in [2.75, 3.05) is 18.0 Å². The van der Waals surface area contributed by atoms with E-state index in [1.54, 1.807) is 11.3 Å². The summed E-state index contributed by atoms with van der Waals surface area (Å²) in [6.07, 6.45) is 10.3. The summed E-state index contributed by atoms with van der Waals surface area (Å²) in [5.74, 6) is 6.58. The van der Waals surface area contributed by atoms with Gasteiger partial charge in [-0.3, -0.25) is 4.79 Å². The maximum absolute atomic E-state index is 13.0. The van der Waals surface area contributed by atoms with Crippen LogP contribution in [0.2, 0.25) is 0 Å². The third kappa shape index (κ3) is 6.77. The van der Waals surface area contributed by atoms with Crippen LogP contribution in [-0.4, -0.2) is 13.1 Å². The summed E-state index contributed by atoms with van der Waals surface area (Å²) < 4.78 is 2.03. The second-order valence-electron chi connectivity index (χ2n) is 9.54. The van der Waals surface area contributed by atoms with Crippen LogP contribution in [0.25, 0.3) is 20.2 Å². The summed E-state index contributed by atoms with van der Waals surface area (Å²) >= 11 is 1.66. The molecule has 186 valence electrons. The Kier molecular flexibility index (Phi) is 9.59. The summed E-state index contributed by atoms with van der Waals surface area (Å²) in [5.41, 5.74) is 3.26. The number of fused-ring (bicyclic) bond motifs is 2. The van der Waals surface area contributed by atoms with Crippen molar-refractivity contribution in [3.05, 3.63) is 88.1 Å². The molecule has 0 unspecified atom stereocenters. The number of nitrogens with zero attached hydrogens (tertiary/aromatic N) is 1. The van der Waals surface area contributed by atoms with E-state index in [4.69, 9.17) is 0 Å². The fraction of sp³-hybridized carbons (Fsp3) is 0.364. The van der Waals surface area contributed by atoms with Gasteiger partial charge in [0.1, 0.15) is 0 Å². The second-order valence-corrected chi connectivity index (χ2v) is 10.6. The van der Waals surface area contributed by atoms with Crippen LogP contribution in [0.3, 0.4) is 0 Å². The molecule has 0 aliphatic rings. The molecule has 0 aliphatic heterocycles. The van der Waals surface area contributed by atoms with Crippen LogP contribution in [0.1, 0.15) is 76.3 Å². The quantitative estimate of drug-likeness (QED) is 0.118. The minimum absolute atomic E-state index is 0.0883. The van der Waals surface area contributed by atoms with Crippen LogP contribution in [0, 0.1) is 11.8 Å². The molecule has 3 heteroatoms. The highest BCUT2D eigenvalue weighted by Crippen LogP contribution is 2.25. The number of anilines is 1. The normalized spacial score (nSPS) is 10.9. The van der Waals surface area contributed by atoms with E-state index in [0.717, 1.165) is 44.4 Å². The molecule has 1 aromatic heterocycles. The van der Waals surface area contributed by atoms with Crippen molar-refractivity contribution in [2.24, 2.45) is 0 Å². The number of hydrogen-bond donors (Lipinski definition) is 0. The number of rotatable bonds is 11. The average molecular weight is 496 g/mol. The van der Waals surface area contributed by atoms with E-state index in [1.807, 2.05) is 42.5 Å². The number of benzene rings is 3. The largest absolute Gasteiger partial charge is 0.372 e. The van der Waals surface area contributed by atoms with E-state index in [0.29, 0.717) is 0 Å². The molecule has 4 aromatic rings. The maximum Gasteiger partial charge on any atom is 0.195 e. The summed E-state index contributed by atoms with van der Waals surface area (Å²) in [5, 5.41) is 1.53. The predicted octanol–water partition coefficient (Wildman–Crippen LogP) is 8.78. The standard InChI is InChI=1S/C33H37NOS/c1-3-5-7-11-23-34(24-12-8-6-4-2)28-20-17-26(18-21-28)15-16-27-19-22-32-30(25-27)33(35)29-13-9-10-14-31(29)36-32/h9-10,13-14,17-22,25H,3-8,11-12,23-24H2,1-2H3. The Balaban J connectivity index is 1.49. The zero-order chi connectivity index (χ0) is 25.2. The lowest BCUT2D eigenvalue weighted by Gasteiger charge is -2.25. The van der Waals surface area contributed by atoms with Crippen LogP contribution >= 0.6 is 11.3 Å². The van der Waals surface area contributed by atoms with Gasteiger partial charge < -0.3 is 4.90 Å². The number of unbranched alkanes of at least 4 members (excludes halogenated alkanes) is 6. The van der Waals surface area contributed by atoms with E-state index in [-0.39, 0.29) is 5.43 Å². The minimum atomic E-state index is 0.0883. The first-order chi connectivity index (χ1) is 17.7. The first-order valence-electron chi connectivity index (χ1n) is 13.5. The first-order valence-corrected chi connectivity index (χ1v) is 14.3. The summed E-state index contributed by atoms with van der Waals surface area (Å²) in [6.45, 7) is 6.79. The molecule has 4 rings (SSSR count). The van der Waals surface area contributed by atoms with E-state index >= 15 is 0 Å². The van der Waals surface area contributed by atoms with Crippen molar-refractivity contribution in [3.8, 4) is 11.8 Å². The molecule has 0 amide bonds. The van der Waals surface area contributed by atoms with Gasteiger partial charge in [-0.2, -0.15) is 0 Å². The van der Waals surface area contributed by atoms with Gasteiger partial charge in [-0.1, -0.05) is 76.3 Å². The lowest BCUT2D eigenvalue weighted by molar-refractivity contribution is 0.609. The maximum atomic E-state index is 13.0. The highest BCUT2D eigenvalue weighted by atomic mass is 32.1. The smallest absolute Gasteiger partial charge is 0.195 e. The van der Waals surface area contributed by atoms with Crippen molar-refractivity contribution in [3.63, 3.8) is 0 Å². The van der Waals surface area contributed by atoms with Gasteiger partial charge in [0.25, 0.3) is 0 Å². The van der Waals surface area contributed by atoms with E-state index < -0.39 is 0 Å². The van der Waals surface area contributed by atoms with Crippen LogP contribution in [-0.2, 0) is 0 Å². The van der Waals surface area contributed by atoms with Crippen molar-refractivity contribution >= 4 is 37.2 Å². The Hall–Kier alpha value is -3.09. The van der Waals surface area contributed by atoms with Gasteiger partial charge in [0.2, 0.25) is 0 Å². The Morgan fingerprint density at radius 2 is 1.28 bits per heavy atom. The van der Waals surface area contributed by atoms with Gasteiger partial charge in [0.15, 0.2) is 5.43 Å². The monoisotopic (exact) mass is 495 g/mol. The predicted molar refractivity (Wildman–Crippen MR) is 159 cm³/mol. The van der Waals surface area contributed by atoms with Crippen LogP contribution in [0.15, 0.2) is 71.5 Å². The molecule has 0 saturated heterocycles. The molecule has 2 nitrogen and oxygen atoms in total. The van der Waals surface area contributed by atoms with Crippen molar-refractivity contribution in [2.45, 2.75) is 65.2 Å². The summed E-state index contributed by atoms with van der Waals surface area (Å²) in [4.78, 5) is 15.5. The molecule has 3 aromatic carbocycles. The molecule has 0 N–H and O–H groups in total. The Morgan fingerprint density at radius 3 is 1.97 bits per heavy atom. The highest BCUT2D eigenvalue weighted by Gasteiger charge is 2.07. The van der Waals surface area contributed by atoms with E-state index in [9.17, 15) is 4.79 Å². The molecule has 36 heavy (non-hydrogen) atoms. The molecule has 0 saturated carbocycles. The molecule has 0 fully saturated rings. The zero-order valence-corrected chi connectivity index (χ0v) is 22.5. The first kappa shape index (κ1) is 26.0. The molecule has 0 atom stereocenters. The van der Waals surface area contributed by atoms with Gasteiger partial charge in [-0.25, -0.2) is 0 Å².